The number of aliphatic hydroxyl groups excluding tert-OH is 1. The van der Waals surface area contributed by atoms with E-state index in [9.17, 15) is 13.5 Å². The van der Waals surface area contributed by atoms with Gasteiger partial charge in [-0.25, -0.2) is 8.42 Å². The molecule has 72 valence electrons. The summed E-state index contributed by atoms with van der Waals surface area (Å²) in [5, 5.41) is 9.49. The highest BCUT2D eigenvalue weighted by molar-refractivity contribution is 9.12. The van der Waals surface area contributed by atoms with Crippen molar-refractivity contribution >= 4 is 37.4 Å². The van der Waals surface area contributed by atoms with Gasteiger partial charge in [0.1, 0.15) is 6.10 Å². The highest BCUT2D eigenvalue weighted by Crippen LogP contribution is 2.45. The molecule has 2 atom stereocenters. The first kappa shape index (κ1) is 10.8. The van der Waals surface area contributed by atoms with Crippen molar-refractivity contribution in [1.82, 2.24) is 0 Å². The van der Waals surface area contributed by atoms with Gasteiger partial charge in [-0.2, -0.15) is 0 Å². The largest absolute Gasteiger partial charge is 0.389 e. The number of aliphatic hydroxyl groups is 1. The Hall–Kier alpha value is 0.680. The van der Waals surface area contributed by atoms with Crippen molar-refractivity contribution in [2.45, 2.75) is 22.1 Å². The van der Waals surface area contributed by atoms with E-state index in [0.29, 0.717) is 0 Å². The third kappa shape index (κ3) is 1.95. The van der Waals surface area contributed by atoms with E-state index in [2.05, 4.69) is 15.9 Å². The van der Waals surface area contributed by atoms with Gasteiger partial charge >= 0.3 is 0 Å². The third-order valence-electron chi connectivity index (χ3n) is 1.91. The van der Waals surface area contributed by atoms with E-state index >= 15 is 0 Å². The molecular weight excluding hydrogens is 267 g/mol. The number of rotatable bonds is 3. The number of sulfone groups is 1. The summed E-state index contributed by atoms with van der Waals surface area (Å²) in [6, 6.07) is 0. The number of halogens is 2. The molecule has 0 aromatic rings. The van der Waals surface area contributed by atoms with Gasteiger partial charge < -0.3 is 5.11 Å². The molecule has 1 fully saturated rings. The molecule has 0 aliphatic heterocycles. The van der Waals surface area contributed by atoms with Crippen molar-refractivity contribution in [2.75, 3.05) is 6.26 Å². The topological polar surface area (TPSA) is 54.4 Å². The number of alkyl halides is 2. The van der Waals surface area contributed by atoms with Crippen LogP contribution in [0.25, 0.3) is 0 Å². The number of hydrogen-bond donors (Lipinski definition) is 1. The minimum atomic E-state index is -3.47. The standard InChI is InChI=1S/C6H10BrClO3S/c1-12(10,11)6(7,8)5(9)4-2-3-4/h4-5,9H,2-3H2,1H3. The Morgan fingerprint density at radius 2 is 2.08 bits per heavy atom. The van der Waals surface area contributed by atoms with Crippen LogP contribution in [0, 0.1) is 5.92 Å². The predicted molar refractivity (Wildman–Crippen MR) is 51.1 cm³/mol. The maximum atomic E-state index is 11.1. The van der Waals surface area contributed by atoms with Crippen LogP contribution in [0.4, 0.5) is 0 Å². The molecule has 0 aromatic carbocycles. The quantitative estimate of drug-likeness (QED) is 0.786. The lowest BCUT2D eigenvalue weighted by atomic mass is 10.3. The Kier molecular flexibility index (Phi) is 2.79. The zero-order valence-electron chi connectivity index (χ0n) is 6.50. The van der Waals surface area contributed by atoms with Gasteiger partial charge in [0.05, 0.1) is 0 Å². The molecule has 0 bridgehead atoms. The molecule has 0 heterocycles. The lowest BCUT2D eigenvalue weighted by Gasteiger charge is -2.23. The highest BCUT2D eigenvalue weighted by atomic mass is 79.9. The second-order valence-electron chi connectivity index (χ2n) is 3.12. The maximum absolute atomic E-state index is 11.1. The summed E-state index contributed by atoms with van der Waals surface area (Å²) in [4.78, 5) is 0. The van der Waals surface area contributed by atoms with E-state index in [4.69, 9.17) is 11.6 Å². The predicted octanol–water partition coefficient (Wildman–Crippen LogP) is 1.09. The minimum absolute atomic E-state index is 0.0246. The minimum Gasteiger partial charge on any atom is -0.389 e. The molecule has 2 unspecified atom stereocenters. The molecule has 0 aromatic heterocycles. The lowest BCUT2D eigenvalue weighted by Crippen LogP contribution is -2.39. The second kappa shape index (κ2) is 3.12. The highest BCUT2D eigenvalue weighted by Gasteiger charge is 2.49. The molecule has 1 aliphatic carbocycles. The van der Waals surface area contributed by atoms with Crippen molar-refractivity contribution in [3.05, 3.63) is 0 Å². The molecule has 1 N–H and O–H groups in total. The molecule has 0 saturated heterocycles. The molecule has 1 saturated carbocycles. The molecule has 0 spiro atoms. The maximum Gasteiger partial charge on any atom is 0.224 e. The molecule has 6 heteroatoms. The van der Waals surface area contributed by atoms with E-state index in [-0.39, 0.29) is 5.92 Å². The van der Waals surface area contributed by atoms with E-state index in [0.717, 1.165) is 19.1 Å². The van der Waals surface area contributed by atoms with Gasteiger partial charge in [0, 0.05) is 6.26 Å². The molecule has 1 rings (SSSR count). The van der Waals surface area contributed by atoms with Gasteiger partial charge in [0.15, 0.2) is 9.84 Å². The fourth-order valence-corrected chi connectivity index (χ4v) is 2.09. The first-order valence-corrected chi connectivity index (χ1v) is 6.58. The van der Waals surface area contributed by atoms with Gasteiger partial charge in [-0.1, -0.05) is 11.6 Å². The van der Waals surface area contributed by atoms with Crippen LogP contribution in [-0.4, -0.2) is 29.0 Å². The zero-order valence-corrected chi connectivity index (χ0v) is 9.66. The summed E-state index contributed by atoms with van der Waals surface area (Å²) in [5.41, 5.74) is 0. The summed E-state index contributed by atoms with van der Waals surface area (Å²) in [6.07, 6.45) is 1.67. The third-order valence-corrected chi connectivity index (χ3v) is 6.44. The van der Waals surface area contributed by atoms with E-state index in [1.807, 2.05) is 0 Å². The molecule has 1 aliphatic rings. The van der Waals surface area contributed by atoms with Crippen LogP contribution in [0.15, 0.2) is 0 Å². The van der Waals surface area contributed by atoms with Gasteiger partial charge in [0.2, 0.25) is 3.12 Å². The SMILES string of the molecule is CS(=O)(=O)C(Cl)(Br)C(O)C1CC1. The number of hydrogen-bond acceptors (Lipinski definition) is 3. The van der Waals surface area contributed by atoms with E-state index in [1.165, 1.54) is 0 Å². The monoisotopic (exact) mass is 276 g/mol. The summed E-state index contributed by atoms with van der Waals surface area (Å²) in [7, 11) is -3.47. The van der Waals surface area contributed by atoms with Crippen LogP contribution in [0.5, 0.6) is 0 Å². The van der Waals surface area contributed by atoms with Crippen molar-refractivity contribution in [2.24, 2.45) is 5.92 Å². The first-order chi connectivity index (χ1) is 5.27. The van der Waals surface area contributed by atoms with Crippen LogP contribution in [-0.2, 0) is 9.84 Å². The normalized spacial score (nSPS) is 26.3. The summed E-state index contributed by atoms with van der Waals surface area (Å²) < 4.78 is 20.5. The second-order valence-corrected chi connectivity index (χ2v) is 8.36. The summed E-state index contributed by atoms with van der Waals surface area (Å²) >= 11 is 8.51. The van der Waals surface area contributed by atoms with Crippen LogP contribution < -0.4 is 0 Å². The summed E-state index contributed by atoms with van der Waals surface area (Å²) in [5.74, 6) is 0.0246. The van der Waals surface area contributed by atoms with Crippen LogP contribution in [0.1, 0.15) is 12.8 Å². The lowest BCUT2D eigenvalue weighted by molar-refractivity contribution is 0.158. The fourth-order valence-electron chi connectivity index (χ4n) is 0.906. The molecule has 0 amide bonds. The van der Waals surface area contributed by atoms with E-state index < -0.39 is 19.1 Å². The average molecular weight is 278 g/mol. The Morgan fingerprint density at radius 3 is 2.33 bits per heavy atom. The molecule has 0 radical (unpaired) electrons. The van der Waals surface area contributed by atoms with Gasteiger partial charge in [-0.05, 0) is 34.7 Å². The Morgan fingerprint density at radius 1 is 1.67 bits per heavy atom. The smallest absolute Gasteiger partial charge is 0.224 e. The van der Waals surface area contributed by atoms with Crippen LogP contribution in [0.3, 0.4) is 0 Å². The van der Waals surface area contributed by atoms with Crippen LogP contribution >= 0.6 is 27.5 Å². The van der Waals surface area contributed by atoms with Gasteiger partial charge in [0.25, 0.3) is 0 Å². The Bertz CT molecular complexity index is 271. The fraction of sp³-hybridized carbons (Fsp3) is 1.00. The van der Waals surface area contributed by atoms with E-state index in [1.54, 1.807) is 0 Å². The van der Waals surface area contributed by atoms with Crippen molar-refractivity contribution in [1.29, 1.82) is 0 Å². The zero-order chi connectivity index (χ0) is 9.57. The Balaban J connectivity index is 2.83. The van der Waals surface area contributed by atoms with Crippen molar-refractivity contribution < 1.29 is 13.5 Å². The van der Waals surface area contributed by atoms with Crippen molar-refractivity contribution in [3.63, 3.8) is 0 Å². The average Bonchev–Trinajstić information content (AvgIpc) is 2.64. The van der Waals surface area contributed by atoms with Gasteiger partial charge in [-0.15, -0.1) is 0 Å². The van der Waals surface area contributed by atoms with Crippen molar-refractivity contribution in [3.8, 4) is 0 Å². The molecule has 12 heavy (non-hydrogen) atoms. The summed E-state index contributed by atoms with van der Waals surface area (Å²) in [6.45, 7) is 0. The van der Waals surface area contributed by atoms with Gasteiger partial charge in [-0.3, -0.25) is 0 Å². The van der Waals surface area contributed by atoms with Crippen LogP contribution in [0.2, 0.25) is 0 Å². The molecular formula is C6H10BrClO3S. The Labute approximate surface area is 85.1 Å². The first-order valence-electron chi connectivity index (χ1n) is 3.52. The molecule has 3 nitrogen and oxygen atoms in total.